The number of hydrogen-bond acceptors (Lipinski definition) is 2. The third-order valence-corrected chi connectivity index (χ3v) is 8.69. The van der Waals surface area contributed by atoms with Crippen LogP contribution in [-0.4, -0.2) is 14.3 Å². The Hall–Kier alpha value is -0.313. The van der Waals surface area contributed by atoms with Crippen LogP contribution in [0.1, 0.15) is 85.5 Å². The van der Waals surface area contributed by atoms with Gasteiger partial charge in [0, 0.05) is 0 Å². The first-order valence-electron chi connectivity index (χ1n) is 9.16. The fourth-order valence-corrected chi connectivity index (χ4v) is 7.18. The van der Waals surface area contributed by atoms with Gasteiger partial charge in [0.25, 0.3) is 14.3 Å². The molecule has 0 aliphatic heterocycles. The molecule has 0 bridgehead atoms. The van der Waals surface area contributed by atoms with Gasteiger partial charge in [0.2, 0.25) is 0 Å². The molecule has 21 heavy (non-hydrogen) atoms. The molecule has 0 saturated carbocycles. The van der Waals surface area contributed by atoms with Crippen molar-refractivity contribution in [2.75, 3.05) is 0 Å². The molecular formula is C18H37O2Si. The maximum absolute atomic E-state index is 11.9. The Balaban J connectivity index is 4.73. The van der Waals surface area contributed by atoms with E-state index in [2.05, 4.69) is 20.8 Å². The summed E-state index contributed by atoms with van der Waals surface area (Å²) in [6.45, 7) is 8.52. The van der Waals surface area contributed by atoms with Crippen molar-refractivity contribution in [3.63, 3.8) is 0 Å². The highest BCUT2D eigenvalue weighted by atomic mass is 28.4. The van der Waals surface area contributed by atoms with Crippen molar-refractivity contribution in [2.24, 2.45) is 0 Å². The highest BCUT2D eigenvalue weighted by Crippen LogP contribution is 2.30. The van der Waals surface area contributed by atoms with Crippen LogP contribution in [0, 0.1) is 6.42 Å². The molecule has 0 aliphatic rings. The molecular weight excluding hydrogens is 276 g/mol. The molecule has 3 heteroatoms. The van der Waals surface area contributed by atoms with Crippen LogP contribution < -0.4 is 0 Å². The predicted octanol–water partition coefficient (Wildman–Crippen LogP) is 6.27. The maximum Gasteiger partial charge on any atom is 0.296 e. The third-order valence-electron chi connectivity index (χ3n) is 4.26. The summed E-state index contributed by atoms with van der Waals surface area (Å²) < 4.78 is 6.07. The van der Waals surface area contributed by atoms with E-state index in [1.807, 2.05) is 0 Å². The van der Waals surface area contributed by atoms with Crippen molar-refractivity contribution in [1.82, 2.24) is 0 Å². The lowest BCUT2D eigenvalue weighted by atomic mass is 10.3. The molecule has 0 aromatic rings. The van der Waals surface area contributed by atoms with E-state index in [9.17, 15) is 4.79 Å². The molecule has 0 amide bonds. The van der Waals surface area contributed by atoms with Crippen molar-refractivity contribution in [3.8, 4) is 0 Å². The second kappa shape index (κ2) is 13.4. The average molecular weight is 314 g/mol. The molecule has 0 aromatic carbocycles. The lowest BCUT2D eigenvalue weighted by Gasteiger charge is -2.31. The second-order valence-electron chi connectivity index (χ2n) is 6.26. The van der Waals surface area contributed by atoms with Gasteiger partial charge in [0.15, 0.2) is 0 Å². The van der Waals surface area contributed by atoms with Crippen LogP contribution in [0.2, 0.25) is 18.1 Å². The molecule has 0 atom stereocenters. The summed E-state index contributed by atoms with van der Waals surface area (Å²) in [4.78, 5) is 11.9. The molecule has 0 N–H and O–H groups in total. The average Bonchev–Trinajstić information content (AvgIpc) is 2.48. The van der Waals surface area contributed by atoms with Crippen LogP contribution in [0.5, 0.6) is 0 Å². The topological polar surface area (TPSA) is 26.3 Å². The zero-order chi connectivity index (χ0) is 16.0. The van der Waals surface area contributed by atoms with Gasteiger partial charge in [-0.2, -0.15) is 0 Å². The molecule has 2 nitrogen and oxygen atoms in total. The van der Waals surface area contributed by atoms with Gasteiger partial charge in [0.1, 0.15) is 0 Å². The largest absolute Gasteiger partial charge is 0.519 e. The van der Waals surface area contributed by atoms with E-state index >= 15 is 0 Å². The number of hydrogen-bond donors (Lipinski definition) is 0. The number of rotatable bonds is 14. The fraction of sp³-hybridized carbons (Fsp3) is 0.889. The smallest absolute Gasteiger partial charge is 0.296 e. The molecule has 0 spiro atoms. The van der Waals surface area contributed by atoms with Gasteiger partial charge in [-0.25, -0.2) is 0 Å². The first-order chi connectivity index (χ1) is 10.1. The van der Waals surface area contributed by atoms with Gasteiger partial charge in [-0.05, 0) is 18.1 Å². The number of unbranched alkanes of at least 4 members (excludes halogenated alkanes) is 6. The summed E-state index contributed by atoms with van der Waals surface area (Å²) in [7, 11) is -1.87. The first kappa shape index (κ1) is 20.7. The Morgan fingerprint density at radius 1 is 0.810 bits per heavy atom. The minimum atomic E-state index is -1.87. The van der Waals surface area contributed by atoms with E-state index in [1.165, 1.54) is 75.9 Å². The van der Waals surface area contributed by atoms with Crippen LogP contribution in [0.4, 0.5) is 0 Å². The summed E-state index contributed by atoms with van der Waals surface area (Å²) in [5, 5.41) is 0. The highest BCUT2D eigenvalue weighted by molar-refractivity contribution is 6.75. The Bertz CT molecular complexity index is 227. The van der Waals surface area contributed by atoms with Crippen molar-refractivity contribution in [3.05, 3.63) is 6.42 Å². The quantitative estimate of drug-likeness (QED) is 0.279. The SMILES string of the molecule is C[CH]C(=O)O[Si](CCCCC)(CCCCC)CCCCC. The predicted molar refractivity (Wildman–Crippen MR) is 94.8 cm³/mol. The van der Waals surface area contributed by atoms with Crippen molar-refractivity contribution < 1.29 is 9.22 Å². The Kier molecular flexibility index (Phi) is 13.2. The summed E-state index contributed by atoms with van der Waals surface area (Å²) in [5.74, 6) is -0.0776. The summed E-state index contributed by atoms with van der Waals surface area (Å²) in [6.07, 6.45) is 12.8. The minimum Gasteiger partial charge on any atom is -0.519 e. The molecule has 0 aliphatic carbocycles. The Morgan fingerprint density at radius 3 is 1.48 bits per heavy atom. The van der Waals surface area contributed by atoms with Crippen LogP contribution in [0.3, 0.4) is 0 Å². The van der Waals surface area contributed by atoms with Crippen molar-refractivity contribution in [1.29, 1.82) is 0 Å². The molecule has 1 radical (unpaired) electrons. The van der Waals surface area contributed by atoms with Gasteiger partial charge in [-0.1, -0.05) is 85.5 Å². The molecule has 0 heterocycles. The normalized spacial score (nSPS) is 11.6. The number of carbonyl (C=O) groups excluding carboxylic acids is 1. The van der Waals surface area contributed by atoms with Gasteiger partial charge >= 0.3 is 0 Å². The molecule has 0 unspecified atom stereocenters. The first-order valence-corrected chi connectivity index (χ1v) is 11.7. The van der Waals surface area contributed by atoms with Crippen LogP contribution in [0.15, 0.2) is 0 Å². The zero-order valence-electron chi connectivity index (χ0n) is 14.9. The zero-order valence-corrected chi connectivity index (χ0v) is 15.9. The monoisotopic (exact) mass is 313 g/mol. The van der Waals surface area contributed by atoms with Gasteiger partial charge in [-0.15, -0.1) is 0 Å². The van der Waals surface area contributed by atoms with E-state index < -0.39 is 8.32 Å². The van der Waals surface area contributed by atoms with Crippen LogP contribution >= 0.6 is 0 Å². The summed E-state index contributed by atoms with van der Waals surface area (Å²) in [5.41, 5.74) is 0. The Labute approximate surface area is 134 Å². The van der Waals surface area contributed by atoms with Gasteiger partial charge < -0.3 is 4.43 Å². The molecule has 0 aromatic heterocycles. The fourth-order valence-electron chi connectivity index (χ4n) is 2.89. The van der Waals surface area contributed by atoms with Crippen molar-refractivity contribution in [2.45, 2.75) is 104 Å². The van der Waals surface area contributed by atoms with Crippen LogP contribution in [0.25, 0.3) is 0 Å². The van der Waals surface area contributed by atoms with E-state index in [4.69, 9.17) is 4.43 Å². The second-order valence-corrected chi connectivity index (χ2v) is 10.3. The molecule has 125 valence electrons. The van der Waals surface area contributed by atoms with E-state index in [0.29, 0.717) is 0 Å². The van der Waals surface area contributed by atoms with Gasteiger partial charge in [0.05, 0.1) is 6.42 Å². The van der Waals surface area contributed by atoms with Crippen molar-refractivity contribution >= 4 is 14.3 Å². The van der Waals surface area contributed by atoms with E-state index in [0.717, 1.165) is 0 Å². The summed E-state index contributed by atoms with van der Waals surface area (Å²) >= 11 is 0. The standard InChI is InChI=1S/C18H37O2Si/c1-5-9-12-15-21(16-13-10-6-2,17-14-11-7-3)20-18(19)8-4/h8H,5-7,9-17H2,1-4H3. The molecule has 0 rings (SSSR count). The van der Waals surface area contributed by atoms with E-state index in [1.54, 1.807) is 13.3 Å². The molecule has 0 saturated heterocycles. The number of carbonyl (C=O) groups is 1. The molecule has 0 fully saturated rings. The Morgan fingerprint density at radius 2 is 1.19 bits per heavy atom. The lowest BCUT2D eigenvalue weighted by molar-refractivity contribution is -0.131. The van der Waals surface area contributed by atoms with Gasteiger partial charge in [-0.3, -0.25) is 4.79 Å². The maximum atomic E-state index is 11.9. The minimum absolute atomic E-state index is 0.0776. The third kappa shape index (κ3) is 10.1. The van der Waals surface area contributed by atoms with E-state index in [-0.39, 0.29) is 5.97 Å². The van der Waals surface area contributed by atoms with Crippen LogP contribution in [-0.2, 0) is 9.22 Å². The summed E-state index contributed by atoms with van der Waals surface area (Å²) in [6, 6.07) is 3.52. The lowest BCUT2D eigenvalue weighted by Crippen LogP contribution is -2.40. The highest BCUT2D eigenvalue weighted by Gasteiger charge is 2.36.